The zero-order chi connectivity index (χ0) is 12.6. The molecule has 0 saturated heterocycles. The SMILES string of the molecule is CCCCN(CC(N)=O)C(=O)N(CC)CC. The second kappa shape index (κ2) is 7.96. The number of amides is 3. The highest BCUT2D eigenvalue weighted by Gasteiger charge is 2.19. The van der Waals surface area contributed by atoms with Crippen molar-refractivity contribution in [1.82, 2.24) is 9.80 Å². The second-order valence-electron chi connectivity index (χ2n) is 3.70. The zero-order valence-electron chi connectivity index (χ0n) is 10.5. The van der Waals surface area contributed by atoms with E-state index in [1.165, 1.54) is 4.90 Å². The van der Waals surface area contributed by atoms with E-state index >= 15 is 0 Å². The lowest BCUT2D eigenvalue weighted by atomic mass is 10.3. The fraction of sp³-hybridized carbons (Fsp3) is 0.818. The van der Waals surface area contributed by atoms with E-state index < -0.39 is 5.91 Å². The van der Waals surface area contributed by atoms with Gasteiger partial charge in [0, 0.05) is 19.6 Å². The Morgan fingerprint density at radius 3 is 2.00 bits per heavy atom. The molecule has 0 spiro atoms. The molecule has 0 aromatic carbocycles. The van der Waals surface area contributed by atoms with Crippen molar-refractivity contribution in [2.75, 3.05) is 26.2 Å². The predicted molar refractivity (Wildman–Crippen MR) is 64.0 cm³/mol. The molecule has 0 aliphatic carbocycles. The van der Waals surface area contributed by atoms with E-state index in [1.807, 2.05) is 20.8 Å². The van der Waals surface area contributed by atoms with Crippen molar-refractivity contribution >= 4 is 11.9 Å². The lowest BCUT2D eigenvalue weighted by molar-refractivity contribution is -0.118. The van der Waals surface area contributed by atoms with Gasteiger partial charge in [-0.3, -0.25) is 4.79 Å². The van der Waals surface area contributed by atoms with Gasteiger partial charge in [-0.25, -0.2) is 4.79 Å². The van der Waals surface area contributed by atoms with Gasteiger partial charge >= 0.3 is 6.03 Å². The molecule has 16 heavy (non-hydrogen) atoms. The number of primary amides is 1. The van der Waals surface area contributed by atoms with Crippen LogP contribution in [0.25, 0.3) is 0 Å². The molecule has 0 unspecified atom stereocenters. The van der Waals surface area contributed by atoms with Crippen molar-refractivity contribution in [3.8, 4) is 0 Å². The van der Waals surface area contributed by atoms with Crippen LogP contribution < -0.4 is 5.73 Å². The van der Waals surface area contributed by atoms with Crippen LogP contribution >= 0.6 is 0 Å². The molecule has 5 nitrogen and oxygen atoms in total. The van der Waals surface area contributed by atoms with Gasteiger partial charge in [-0.05, 0) is 20.3 Å². The van der Waals surface area contributed by atoms with Crippen LogP contribution in [0, 0.1) is 0 Å². The molecule has 94 valence electrons. The zero-order valence-corrected chi connectivity index (χ0v) is 10.5. The van der Waals surface area contributed by atoms with Gasteiger partial charge in [-0.15, -0.1) is 0 Å². The molecule has 0 aliphatic rings. The number of hydrogen-bond acceptors (Lipinski definition) is 2. The molecule has 0 aliphatic heterocycles. The summed E-state index contributed by atoms with van der Waals surface area (Å²) in [6.07, 6.45) is 1.88. The Morgan fingerprint density at radius 2 is 1.62 bits per heavy atom. The molecule has 5 heteroatoms. The molecular formula is C11H23N3O2. The molecule has 0 radical (unpaired) electrons. The second-order valence-corrected chi connectivity index (χ2v) is 3.70. The van der Waals surface area contributed by atoms with E-state index in [9.17, 15) is 9.59 Å². The van der Waals surface area contributed by atoms with E-state index in [2.05, 4.69) is 0 Å². The third kappa shape index (κ3) is 5.00. The van der Waals surface area contributed by atoms with E-state index in [0.29, 0.717) is 19.6 Å². The van der Waals surface area contributed by atoms with Crippen LogP contribution in [0.2, 0.25) is 0 Å². The Morgan fingerprint density at radius 1 is 1.06 bits per heavy atom. The summed E-state index contributed by atoms with van der Waals surface area (Å²) in [6, 6.07) is -0.0998. The summed E-state index contributed by atoms with van der Waals surface area (Å²) < 4.78 is 0. The number of nitrogens with zero attached hydrogens (tertiary/aromatic N) is 2. The Kier molecular flexibility index (Phi) is 7.33. The summed E-state index contributed by atoms with van der Waals surface area (Å²) in [7, 11) is 0. The summed E-state index contributed by atoms with van der Waals surface area (Å²) in [5, 5.41) is 0. The molecule has 0 aromatic rings. The molecule has 2 N–H and O–H groups in total. The van der Waals surface area contributed by atoms with Gasteiger partial charge in [-0.1, -0.05) is 13.3 Å². The first-order valence-electron chi connectivity index (χ1n) is 5.88. The molecule has 0 rings (SSSR count). The van der Waals surface area contributed by atoms with Crippen LogP contribution in [-0.4, -0.2) is 47.9 Å². The molecule has 3 amide bonds. The minimum Gasteiger partial charge on any atom is -0.368 e. The third-order valence-electron chi connectivity index (χ3n) is 2.43. The number of carbonyl (C=O) groups excluding carboxylic acids is 2. The molecule has 0 atom stereocenters. The highest BCUT2D eigenvalue weighted by molar-refractivity contribution is 5.82. The van der Waals surface area contributed by atoms with Crippen molar-refractivity contribution in [2.24, 2.45) is 5.73 Å². The van der Waals surface area contributed by atoms with E-state index in [0.717, 1.165) is 12.8 Å². The fourth-order valence-corrected chi connectivity index (χ4v) is 1.47. The van der Waals surface area contributed by atoms with Crippen molar-refractivity contribution < 1.29 is 9.59 Å². The van der Waals surface area contributed by atoms with Gasteiger partial charge in [0.15, 0.2) is 0 Å². The van der Waals surface area contributed by atoms with Gasteiger partial charge in [0.1, 0.15) is 6.54 Å². The van der Waals surface area contributed by atoms with Crippen LogP contribution in [-0.2, 0) is 4.79 Å². The third-order valence-corrected chi connectivity index (χ3v) is 2.43. The Labute approximate surface area is 97.6 Å². The van der Waals surface area contributed by atoms with Crippen LogP contribution in [0.1, 0.15) is 33.6 Å². The minimum absolute atomic E-state index is 0.00926. The average Bonchev–Trinajstić information content (AvgIpc) is 2.25. The van der Waals surface area contributed by atoms with Crippen LogP contribution in [0.3, 0.4) is 0 Å². The van der Waals surface area contributed by atoms with Gasteiger partial charge in [-0.2, -0.15) is 0 Å². The van der Waals surface area contributed by atoms with E-state index in [-0.39, 0.29) is 12.6 Å². The normalized spacial score (nSPS) is 9.94. The molecule has 0 bridgehead atoms. The number of urea groups is 1. The van der Waals surface area contributed by atoms with Crippen molar-refractivity contribution in [3.05, 3.63) is 0 Å². The molecule has 0 heterocycles. The van der Waals surface area contributed by atoms with Crippen molar-refractivity contribution in [2.45, 2.75) is 33.6 Å². The predicted octanol–water partition coefficient (Wildman–Crippen LogP) is 1.04. The Bertz CT molecular complexity index is 227. The highest BCUT2D eigenvalue weighted by Crippen LogP contribution is 2.01. The number of nitrogens with two attached hydrogens (primary N) is 1. The minimum atomic E-state index is -0.461. The largest absolute Gasteiger partial charge is 0.368 e. The summed E-state index contributed by atoms with van der Waals surface area (Å²) in [5.74, 6) is -0.461. The maximum atomic E-state index is 12.0. The van der Waals surface area contributed by atoms with E-state index in [1.54, 1.807) is 4.90 Å². The maximum absolute atomic E-state index is 12.0. The van der Waals surface area contributed by atoms with E-state index in [4.69, 9.17) is 5.73 Å². The van der Waals surface area contributed by atoms with Gasteiger partial charge in [0.05, 0.1) is 0 Å². The monoisotopic (exact) mass is 229 g/mol. The quantitative estimate of drug-likeness (QED) is 0.708. The van der Waals surface area contributed by atoms with Crippen LogP contribution in [0.15, 0.2) is 0 Å². The Balaban J connectivity index is 4.46. The molecular weight excluding hydrogens is 206 g/mol. The number of unbranched alkanes of at least 4 members (excludes halogenated alkanes) is 1. The summed E-state index contributed by atoms with van der Waals surface area (Å²) in [5.41, 5.74) is 5.13. The number of hydrogen-bond donors (Lipinski definition) is 1. The van der Waals surface area contributed by atoms with Gasteiger partial charge in [0.25, 0.3) is 0 Å². The van der Waals surface area contributed by atoms with Gasteiger partial charge in [0.2, 0.25) is 5.91 Å². The lowest BCUT2D eigenvalue weighted by Gasteiger charge is -2.28. The highest BCUT2D eigenvalue weighted by atomic mass is 16.2. The number of carbonyl (C=O) groups is 2. The fourth-order valence-electron chi connectivity index (χ4n) is 1.47. The average molecular weight is 229 g/mol. The van der Waals surface area contributed by atoms with Gasteiger partial charge < -0.3 is 15.5 Å². The molecule has 0 fully saturated rings. The molecule has 0 aromatic heterocycles. The maximum Gasteiger partial charge on any atom is 0.320 e. The first kappa shape index (κ1) is 14.7. The summed E-state index contributed by atoms with van der Waals surface area (Å²) in [4.78, 5) is 26.1. The lowest BCUT2D eigenvalue weighted by Crippen LogP contribution is -2.46. The first-order valence-corrected chi connectivity index (χ1v) is 5.88. The summed E-state index contributed by atoms with van der Waals surface area (Å²) >= 11 is 0. The smallest absolute Gasteiger partial charge is 0.320 e. The van der Waals surface area contributed by atoms with Crippen molar-refractivity contribution in [1.29, 1.82) is 0 Å². The first-order chi connectivity index (χ1) is 7.56. The van der Waals surface area contributed by atoms with Crippen molar-refractivity contribution in [3.63, 3.8) is 0 Å². The topological polar surface area (TPSA) is 66.6 Å². The summed E-state index contributed by atoms with van der Waals surface area (Å²) in [6.45, 7) is 7.79. The molecule has 0 saturated carbocycles. The standard InChI is InChI=1S/C11H23N3O2/c1-4-7-8-14(9-10(12)15)11(16)13(5-2)6-3/h4-9H2,1-3H3,(H2,12,15). The van der Waals surface area contributed by atoms with Crippen LogP contribution in [0.5, 0.6) is 0 Å². The Hall–Kier alpha value is -1.26. The van der Waals surface area contributed by atoms with Crippen LogP contribution in [0.4, 0.5) is 4.79 Å². The number of rotatable bonds is 7.